The number of thiocarbonyl (C=S) groups is 1. The minimum atomic E-state index is -0.248. The second kappa shape index (κ2) is 8.78. The SMILES string of the molecule is CCN1C(=S)NC(c2ccc(Oc3ccc(C(C)C)cc3)cc2)C(C(C)=O)=C1C. The minimum absolute atomic E-state index is 0.0477. The number of benzene rings is 2. The molecule has 4 nitrogen and oxygen atoms in total. The van der Waals surface area contributed by atoms with Crippen LogP contribution in [-0.4, -0.2) is 22.3 Å². The van der Waals surface area contributed by atoms with Gasteiger partial charge in [-0.2, -0.15) is 0 Å². The summed E-state index contributed by atoms with van der Waals surface area (Å²) in [4.78, 5) is 14.3. The lowest BCUT2D eigenvalue weighted by Crippen LogP contribution is -2.47. The van der Waals surface area contributed by atoms with Crippen LogP contribution in [0.3, 0.4) is 0 Å². The van der Waals surface area contributed by atoms with Gasteiger partial charge in [0, 0.05) is 17.8 Å². The highest BCUT2D eigenvalue weighted by molar-refractivity contribution is 7.80. The fourth-order valence-electron chi connectivity index (χ4n) is 3.65. The molecule has 0 aromatic heterocycles. The molecule has 2 aromatic carbocycles. The highest BCUT2D eigenvalue weighted by atomic mass is 32.1. The van der Waals surface area contributed by atoms with Gasteiger partial charge in [0.1, 0.15) is 11.5 Å². The maximum Gasteiger partial charge on any atom is 0.173 e. The average Bonchev–Trinajstić information content (AvgIpc) is 2.68. The van der Waals surface area contributed by atoms with Gasteiger partial charge in [0.15, 0.2) is 10.9 Å². The van der Waals surface area contributed by atoms with Gasteiger partial charge >= 0.3 is 0 Å². The molecule has 1 unspecified atom stereocenters. The first-order valence-corrected chi connectivity index (χ1v) is 10.4. The van der Waals surface area contributed by atoms with E-state index in [0.29, 0.717) is 11.0 Å². The van der Waals surface area contributed by atoms with Crippen LogP contribution in [0.1, 0.15) is 57.7 Å². The van der Waals surface area contributed by atoms with Gasteiger partial charge in [-0.3, -0.25) is 4.79 Å². The molecule has 0 amide bonds. The number of rotatable bonds is 6. The molecule has 0 saturated heterocycles. The highest BCUT2D eigenvalue weighted by Crippen LogP contribution is 2.32. The summed E-state index contributed by atoms with van der Waals surface area (Å²) in [6, 6.07) is 15.7. The van der Waals surface area contributed by atoms with Gasteiger partial charge in [-0.05, 0) is 74.3 Å². The molecule has 0 saturated carbocycles. The van der Waals surface area contributed by atoms with E-state index in [9.17, 15) is 4.79 Å². The van der Waals surface area contributed by atoms with Crippen LogP contribution in [0.2, 0.25) is 0 Å². The molecule has 0 spiro atoms. The number of nitrogens with one attached hydrogen (secondary N) is 1. The van der Waals surface area contributed by atoms with E-state index in [2.05, 4.69) is 31.3 Å². The van der Waals surface area contributed by atoms with Crippen molar-refractivity contribution in [3.63, 3.8) is 0 Å². The zero-order valence-corrected chi connectivity index (χ0v) is 18.5. The number of nitrogens with zero attached hydrogens (tertiary/aromatic N) is 1. The van der Waals surface area contributed by atoms with Gasteiger partial charge in [0.25, 0.3) is 0 Å². The van der Waals surface area contributed by atoms with Crippen molar-refractivity contribution in [1.29, 1.82) is 0 Å². The van der Waals surface area contributed by atoms with E-state index in [1.54, 1.807) is 6.92 Å². The van der Waals surface area contributed by atoms with E-state index < -0.39 is 0 Å². The summed E-state index contributed by atoms with van der Waals surface area (Å²) < 4.78 is 5.97. The number of carbonyl (C=O) groups is 1. The molecule has 1 N–H and O–H groups in total. The Balaban J connectivity index is 1.82. The monoisotopic (exact) mass is 408 g/mol. The Kier molecular flexibility index (Phi) is 6.38. The van der Waals surface area contributed by atoms with Crippen LogP contribution >= 0.6 is 12.2 Å². The van der Waals surface area contributed by atoms with Crippen molar-refractivity contribution in [3.8, 4) is 11.5 Å². The maximum absolute atomic E-state index is 12.4. The predicted octanol–water partition coefficient (Wildman–Crippen LogP) is 5.72. The van der Waals surface area contributed by atoms with Crippen LogP contribution in [0, 0.1) is 0 Å². The molecule has 152 valence electrons. The van der Waals surface area contributed by atoms with E-state index in [1.807, 2.05) is 55.1 Å². The van der Waals surface area contributed by atoms with Gasteiger partial charge in [-0.1, -0.05) is 38.1 Å². The van der Waals surface area contributed by atoms with Crippen LogP contribution in [0.5, 0.6) is 11.5 Å². The first kappa shape index (κ1) is 21.1. The summed E-state index contributed by atoms with van der Waals surface area (Å²) in [6.45, 7) is 10.7. The third-order valence-corrected chi connectivity index (χ3v) is 5.63. The maximum atomic E-state index is 12.4. The standard InChI is InChI=1S/C24H28N2O2S/c1-6-26-16(4)22(17(5)27)23(25-24(26)29)19-9-13-21(14-10-19)28-20-11-7-18(8-12-20)15(2)3/h7-15,23H,6H2,1-5H3,(H,25,29). The summed E-state index contributed by atoms with van der Waals surface area (Å²) in [6.07, 6.45) is 0. The van der Waals surface area contributed by atoms with E-state index >= 15 is 0 Å². The number of ketones is 1. The fraction of sp³-hybridized carbons (Fsp3) is 0.333. The molecule has 0 aliphatic carbocycles. The van der Waals surface area contributed by atoms with Crippen molar-refractivity contribution in [3.05, 3.63) is 70.9 Å². The normalized spacial score (nSPS) is 16.8. The summed E-state index contributed by atoms with van der Waals surface area (Å²) in [7, 11) is 0. The van der Waals surface area contributed by atoms with E-state index in [-0.39, 0.29) is 11.8 Å². The van der Waals surface area contributed by atoms with Crippen LogP contribution in [0.15, 0.2) is 59.8 Å². The predicted molar refractivity (Wildman–Crippen MR) is 121 cm³/mol. The number of hydrogen-bond donors (Lipinski definition) is 1. The summed E-state index contributed by atoms with van der Waals surface area (Å²) in [5.74, 6) is 2.10. The molecular weight excluding hydrogens is 380 g/mol. The number of Topliss-reactive ketones (excluding diaryl/α,β-unsaturated/α-hetero) is 1. The second-order valence-electron chi connectivity index (χ2n) is 7.58. The van der Waals surface area contributed by atoms with Crippen LogP contribution in [-0.2, 0) is 4.79 Å². The van der Waals surface area contributed by atoms with Gasteiger partial charge in [-0.15, -0.1) is 0 Å². The zero-order chi connectivity index (χ0) is 21.1. The zero-order valence-electron chi connectivity index (χ0n) is 17.7. The molecule has 2 aromatic rings. The lowest BCUT2D eigenvalue weighted by molar-refractivity contribution is -0.114. The van der Waals surface area contributed by atoms with Crippen molar-refractivity contribution < 1.29 is 9.53 Å². The van der Waals surface area contributed by atoms with E-state index in [1.165, 1.54) is 5.56 Å². The molecule has 0 radical (unpaired) electrons. The van der Waals surface area contributed by atoms with Crippen LogP contribution in [0.4, 0.5) is 0 Å². The third-order valence-electron chi connectivity index (χ3n) is 5.29. The molecule has 1 atom stereocenters. The lowest BCUT2D eigenvalue weighted by Gasteiger charge is -2.37. The Morgan fingerprint density at radius 2 is 1.66 bits per heavy atom. The molecule has 3 rings (SSSR count). The van der Waals surface area contributed by atoms with Gasteiger partial charge in [-0.25, -0.2) is 0 Å². The quantitative estimate of drug-likeness (QED) is 0.620. The molecule has 1 aliphatic heterocycles. The molecule has 0 bridgehead atoms. The number of hydrogen-bond acceptors (Lipinski definition) is 3. The van der Waals surface area contributed by atoms with Gasteiger partial charge in [0.05, 0.1) is 6.04 Å². The Hall–Kier alpha value is -2.66. The average molecular weight is 409 g/mol. The summed E-state index contributed by atoms with van der Waals surface area (Å²) in [5.41, 5.74) is 3.93. The summed E-state index contributed by atoms with van der Waals surface area (Å²) >= 11 is 5.51. The molecule has 5 heteroatoms. The largest absolute Gasteiger partial charge is 0.457 e. The Morgan fingerprint density at radius 1 is 1.10 bits per heavy atom. The first-order valence-electron chi connectivity index (χ1n) is 9.99. The van der Waals surface area contributed by atoms with Crippen molar-refractivity contribution in [1.82, 2.24) is 10.2 Å². The Morgan fingerprint density at radius 3 is 2.14 bits per heavy atom. The van der Waals surface area contributed by atoms with Crippen LogP contribution < -0.4 is 10.1 Å². The molecular formula is C24H28N2O2S. The Labute approximate surface area is 178 Å². The van der Waals surface area contributed by atoms with Gasteiger partial charge < -0.3 is 15.0 Å². The topological polar surface area (TPSA) is 41.6 Å². The van der Waals surface area contributed by atoms with Crippen molar-refractivity contribution in [2.75, 3.05) is 6.54 Å². The molecule has 29 heavy (non-hydrogen) atoms. The molecule has 1 heterocycles. The third kappa shape index (κ3) is 4.51. The van der Waals surface area contributed by atoms with Gasteiger partial charge in [0.2, 0.25) is 0 Å². The van der Waals surface area contributed by atoms with Crippen molar-refractivity contribution in [2.45, 2.75) is 46.6 Å². The van der Waals surface area contributed by atoms with Crippen LogP contribution in [0.25, 0.3) is 0 Å². The number of ether oxygens (including phenoxy) is 1. The Bertz CT molecular complexity index is 930. The van der Waals surface area contributed by atoms with Crippen molar-refractivity contribution in [2.24, 2.45) is 0 Å². The minimum Gasteiger partial charge on any atom is -0.457 e. The number of allylic oxidation sites excluding steroid dienone is 1. The first-order chi connectivity index (χ1) is 13.8. The highest BCUT2D eigenvalue weighted by Gasteiger charge is 2.31. The second-order valence-corrected chi connectivity index (χ2v) is 7.96. The smallest absolute Gasteiger partial charge is 0.173 e. The fourth-order valence-corrected chi connectivity index (χ4v) is 4.04. The van der Waals surface area contributed by atoms with Crippen molar-refractivity contribution >= 4 is 23.1 Å². The summed E-state index contributed by atoms with van der Waals surface area (Å²) in [5, 5.41) is 3.96. The van der Waals surface area contributed by atoms with E-state index in [0.717, 1.165) is 34.9 Å². The number of carbonyl (C=O) groups excluding carboxylic acids is 1. The van der Waals surface area contributed by atoms with E-state index in [4.69, 9.17) is 17.0 Å². The molecule has 1 aliphatic rings. The lowest BCUT2D eigenvalue weighted by atomic mass is 9.92. The molecule has 0 fully saturated rings.